The first kappa shape index (κ1) is 19.2. The van der Waals surface area contributed by atoms with Crippen LogP contribution in [0.2, 0.25) is 0 Å². The van der Waals surface area contributed by atoms with Crippen molar-refractivity contribution in [2.45, 2.75) is 40.5 Å². The zero-order valence-corrected chi connectivity index (χ0v) is 14.9. The Bertz CT molecular complexity index is 532. The van der Waals surface area contributed by atoms with E-state index >= 15 is 0 Å². The van der Waals surface area contributed by atoms with Crippen molar-refractivity contribution < 1.29 is 14.3 Å². The fourth-order valence-electron chi connectivity index (χ4n) is 2.77. The van der Waals surface area contributed by atoms with Gasteiger partial charge in [0.25, 0.3) is 0 Å². The van der Waals surface area contributed by atoms with Crippen molar-refractivity contribution in [3.8, 4) is 0 Å². The lowest BCUT2D eigenvalue weighted by Crippen LogP contribution is -2.35. The quantitative estimate of drug-likeness (QED) is 0.749. The number of nitrogens with zero attached hydrogens (tertiary/aromatic N) is 1. The molecule has 5 heteroatoms. The SMILES string of the molecule is COCCCNC(=O)CCN(C(C)=O)c1c(C)cc(C)cc1C. The first-order chi connectivity index (χ1) is 10.9. The maximum Gasteiger partial charge on any atom is 0.223 e. The number of hydrogen-bond acceptors (Lipinski definition) is 3. The van der Waals surface area contributed by atoms with E-state index in [0.29, 0.717) is 26.1 Å². The molecule has 0 bridgehead atoms. The van der Waals surface area contributed by atoms with E-state index in [1.165, 1.54) is 12.5 Å². The number of carbonyl (C=O) groups excluding carboxylic acids is 2. The van der Waals surface area contributed by atoms with Crippen molar-refractivity contribution in [3.63, 3.8) is 0 Å². The summed E-state index contributed by atoms with van der Waals surface area (Å²) in [7, 11) is 1.64. The van der Waals surface area contributed by atoms with Gasteiger partial charge in [0.2, 0.25) is 11.8 Å². The van der Waals surface area contributed by atoms with Gasteiger partial charge >= 0.3 is 0 Å². The van der Waals surface area contributed by atoms with Crippen LogP contribution in [0, 0.1) is 20.8 Å². The highest BCUT2D eigenvalue weighted by atomic mass is 16.5. The van der Waals surface area contributed by atoms with E-state index < -0.39 is 0 Å². The van der Waals surface area contributed by atoms with Gasteiger partial charge in [-0.3, -0.25) is 9.59 Å². The molecule has 1 aromatic rings. The number of benzene rings is 1. The van der Waals surface area contributed by atoms with Crippen LogP contribution in [0.15, 0.2) is 12.1 Å². The van der Waals surface area contributed by atoms with E-state index in [1.807, 2.05) is 20.8 Å². The molecule has 1 aromatic carbocycles. The second-order valence-electron chi connectivity index (χ2n) is 5.86. The smallest absolute Gasteiger partial charge is 0.223 e. The molecule has 0 aromatic heterocycles. The van der Waals surface area contributed by atoms with E-state index in [2.05, 4.69) is 17.4 Å². The van der Waals surface area contributed by atoms with Crippen molar-refractivity contribution in [2.24, 2.45) is 0 Å². The molecule has 1 N–H and O–H groups in total. The van der Waals surface area contributed by atoms with E-state index in [9.17, 15) is 9.59 Å². The number of anilines is 1. The Hall–Kier alpha value is -1.88. The van der Waals surface area contributed by atoms with Crippen molar-refractivity contribution in [1.29, 1.82) is 0 Å². The fraction of sp³-hybridized carbons (Fsp3) is 0.556. The Kier molecular flexibility index (Phi) is 7.75. The molecule has 0 heterocycles. The molecule has 0 aliphatic heterocycles. The van der Waals surface area contributed by atoms with Crippen LogP contribution < -0.4 is 10.2 Å². The van der Waals surface area contributed by atoms with Gasteiger partial charge in [0.05, 0.1) is 0 Å². The highest BCUT2D eigenvalue weighted by Gasteiger charge is 2.17. The predicted molar refractivity (Wildman–Crippen MR) is 92.8 cm³/mol. The lowest BCUT2D eigenvalue weighted by Gasteiger charge is -2.25. The van der Waals surface area contributed by atoms with Crippen molar-refractivity contribution in [1.82, 2.24) is 5.32 Å². The second-order valence-corrected chi connectivity index (χ2v) is 5.86. The Balaban J connectivity index is 2.70. The van der Waals surface area contributed by atoms with E-state index in [1.54, 1.807) is 12.0 Å². The van der Waals surface area contributed by atoms with Crippen LogP contribution in [0.4, 0.5) is 5.69 Å². The average molecular weight is 320 g/mol. The molecule has 0 aliphatic rings. The number of rotatable bonds is 8. The van der Waals surface area contributed by atoms with Crippen molar-refractivity contribution >= 4 is 17.5 Å². The summed E-state index contributed by atoms with van der Waals surface area (Å²) in [6.45, 7) is 9.17. The van der Waals surface area contributed by atoms with Gasteiger partial charge in [0, 0.05) is 45.8 Å². The Morgan fingerprint density at radius 3 is 2.30 bits per heavy atom. The summed E-state index contributed by atoms with van der Waals surface area (Å²) >= 11 is 0. The molecule has 2 amide bonds. The van der Waals surface area contributed by atoms with Gasteiger partial charge in [-0.25, -0.2) is 0 Å². The molecule has 0 fully saturated rings. The summed E-state index contributed by atoms with van der Waals surface area (Å²) in [5.74, 6) is -0.0954. The normalized spacial score (nSPS) is 10.5. The van der Waals surface area contributed by atoms with Gasteiger partial charge in [-0.2, -0.15) is 0 Å². The van der Waals surface area contributed by atoms with Crippen LogP contribution in [-0.4, -0.2) is 38.6 Å². The van der Waals surface area contributed by atoms with Crippen LogP contribution in [0.25, 0.3) is 0 Å². The maximum absolute atomic E-state index is 12.0. The minimum Gasteiger partial charge on any atom is -0.385 e. The molecule has 0 atom stereocenters. The van der Waals surface area contributed by atoms with Gasteiger partial charge in [0.15, 0.2) is 0 Å². The van der Waals surface area contributed by atoms with E-state index in [4.69, 9.17) is 4.74 Å². The standard InChI is InChI=1S/C18H28N2O3/c1-13-11-14(2)18(15(3)12-13)20(16(4)21)9-7-17(22)19-8-6-10-23-5/h11-12H,6-10H2,1-5H3,(H,19,22). The molecule has 0 spiro atoms. The van der Waals surface area contributed by atoms with Gasteiger partial charge in [-0.15, -0.1) is 0 Å². The summed E-state index contributed by atoms with van der Waals surface area (Å²) in [4.78, 5) is 25.6. The largest absolute Gasteiger partial charge is 0.385 e. The molecule has 0 unspecified atom stereocenters. The summed E-state index contributed by atoms with van der Waals surface area (Å²) in [5.41, 5.74) is 4.19. The molecule has 0 aliphatic carbocycles. The first-order valence-corrected chi connectivity index (χ1v) is 7.98. The molecule has 0 saturated carbocycles. The number of carbonyl (C=O) groups is 2. The van der Waals surface area contributed by atoms with Gasteiger partial charge in [-0.1, -0.05) is 17.7 Å². The van der Waals surface area contributed by atoms with Gasteiger partial charge in [-0.05, 0) is 38.3 Å². The zero-order valence-electron chi connectivity index (χ0n) is 14.9. The summed E-state index contributed by atoms with van der Waals surface area (Å²) in [6, 6.07) is 4.12. The van der Waals surface area contributed by atoms with Crippen molar-refractivity contribution in [2.75, 3.05) is 31.7 Å². The Morgan fingerprint density at radius 2 is 1.78 bits per heavy atom. The topological polar surface area (TPSA) is 58.6 Å². The highest BCUT2D eigenvalue weighted by Crippen LogP contribution is 2.26. The zero-order chi connectivity index (χ0) is 17.4. The van der Waals surface area contributed by atoms with Crippen LogP contribution in [0.5, 0.6) is 0 Å². The first-order valence-electron chi connectivity index (χ1n) is 7.98. The van der Waals surface area contributed by atoms with E-state index in [-0.39, 0.29) is 11.8 Å². The van der Waals surface area contributed by atoms with Gasteiger partial charge in [0.1, 0.15) is 0 Å². The van der Waals surface area contributed by atoms with E-state index in [0.717, 1.165) is 23.2 Å². The fourth-order valence-corrected chi connectivity index (χ4v) is 2.77. The number of methoxy groups -OCH3 is 1. The minimum atomic E-state index is -0.0489. The molecule has 23 heavy (non-hydrogen) atoms. The summed E-state index contributed by atoms with van der Waals surface area (Å²) < 4.78 is 4.94. The number of ether oxygens (including phenoxy) is 1. The number of aryl methyl sites for hydroxylation is 3. The van der Waals surface area contributed by atoms with Crippen LogP contribution >= 0.6 is 0 Å². The number of amides is 2. The monoisotopic (exact) mass is 320 g/mol. The van der Waals surface area contributed by atoms with Crippen LogP contribution in [-0.2, 0) is 14.3 Å². The summed E-state index contributed by atoms with van der Waals surface area (Å²) in [5, 5.41) is 2.84. The van der Waals surface area contributed by atoms with Crippen LogP contribution in [0.3, 0.4) is 0 Å². The Morgan fingerprint density at radius 1 is 1.17 bits per heavy atom. The molecular weight excluding hydrogens is 292 g/mol. The van der Waals surface area contributed by atoms with Crippen LogP contribution in [0.1, 0.15) is 36.5 Å². The molecule has 0 radical (unpaired) electrons. The third-order valence-corrected chi connectivity index (χ3v) is 3.70. The lowest BCUT2D eigenvalue weighted by atomic mass is 10.0. The molecule has 0 saturated heterocycles. The predicted octanol–water partition coefficient (Wildman–Crippen LogP) is 2.51. The molecule has 1 rings (SSSR count). The number of nitrogens with one attached hydrogen (secondary N) is 1. The molecule has 5 nitrogen and oxygen atoms in total. The van der Waals surface area contributed by atoms with Crippen molar-refractivity contribution in [3.05, 3.63) is 28.8 Å². The van der Waals surface area contributed by atoms with Gasteiger partial charge < -0.3 is 15.0 Å². The average Bonchev–Trinajstić information content (AvgIpc) is 2.45. The third kappa shape index (κ3) is 6.02. The Labute approximate surface area is 139 Å². The summed E-state index contributed by atoms with van der Waals surface area (Å²) in [6.07, 6.45) is 1.08. The minimum absolute atomic E-state index is 0.0465. The number of hydrogen-bond donors (Lipinski definition) is 1. The molecule has 128 valence electrons. The third-order valence-electron chi connectivity index (χ3n) is 3.70. The lowest BCUT2D eigenvalue weighted by molar-refractivity contribution is -0.121. The highest BCUT2D eigenvalue weighted by molar-refractivity contribution is 5.94. The maximum atomic E-state index is 12.0. The second kappa shape index (κ2) is 9.30. The molecular formula is C18H28N2O3.